The van der Waals surface area contributed by atoms with Gasteiger partial charge in [0.1, 0.15) is 11.4 Å². The molecule has 0 aromatic heterocycles. The van der Waals surface area contributed by atoms with Crippen LogP contribution in [0.2, 0.25) is 10.0 Å². The molecule has 2 aromatic carbocycles. The van der Waals surface area contributed by atoms with E-state index in [9.17, 15) is 23.3 Å². The van der Waals surface area contributed by atoms with E-state index in [-0.39, 0.29) is 32.9 Å². The third-order valence-electron chi connectivity index (χ3n) is 3.22. The number of alkyl halides is 3. The van der Waals surface area contributed by atoms with Crippen molar-refractivity contribution in [3.63, 3.8) is 0 Å². The Morgan fingerprint density at radius 1 is 1.07 bits per heavy atom. The summed E-state index contributed by atoms with van der Waals surface area (Å²) in [6.07, 6.45) is -4.61. The fourth-order valence-electron chi connectivity index (χ4n) is 2.18. The molecule has 0 aliphatic rings. The first-order chi connectivity index (χ1) is 12.3. The molecule has 2 rings (SSSR count). The Morgan fingerprint density at radius 3 is 2.07 bits per heavy atom. The number of anilines is 1. The number of rotatable bonds is 4. The van der Waals surface area contributed by atoms with Crippen LogP contribution in [-0.4, -0.2) is 10.5 Å². The third-order valence-corrected chi connectivity index (χ3v) is 3.78. The van der Waals surface area contributed by atoms with Gasteiger partial charge in [-0.1, -0.05) is 23.2 Å². The first-order valence-corrected chi connectivity index (χ1v) is 8.34. The molecule has 146 valence electrons. The number of nitro groups is 1. The predicted octanol–water partition coefficient (Wildman–Crippen LogP) is 6.92. The van der Waals surface area contributed by atoms with E-state index in [0.717, 1.165) is 0 Å². The van der Waals surface area contributed by atoms with Crippen LogP contribution in [0, 0.1) is 10.1 Å². The molecular formula is C17H15Cl2F3N2O3. The molecule has 0 unspecified atom stereocenters. The van der Waals surface area contributed by atoms with Gasteiger partial charge in [-0.15, -0.1) is 0 Å². The first kappa shape index (κ1) is 21.1. The Kier molecular flexibility index (Phi) is 5.82. The van der Waals surface area contributed by atoms with Gasteiger partial charge in [0, 0.05) is 17.7 Å². The zero-order chi connectivity index (χ0) is 20.6. The lowest BCUT2D eigenvalue weighted by atomic mass is 10.1. The lowest BCUT2D eigenvalue weighted by molar-refractivity contribution is -0.384. The molecule has 0 amide bonds. The second-order valence-electron chi connectivity index (χ2n) is 6.68. The van der Waals surface area contributed by atoms with Crippen LogP contribution in [0.25, 0.3) is 0 Å². The van der Waals surface area contributed by atoms with E-state index in [1.165, 1.54) is 18.2 Å². The van der Waals surface area contributed by atoms with E-state index in [0.29, 0.717) is 12.1 Å². The Hall–Kier alpha value is -2.19. The SMILES string of the molecule is CC(C)(C)Nc1cc(Oc2c(Cl)cc(C(F)(F)F)cc2Cl)ccc1[N+](=O)[O-]. The molecule has 1 N–H and O–H groups in total. The summed E-state index contributed by atoms with van der Waals surface area (Å²) in [5, 5.41) is 13.5. The lowest BCUT2D eigenvalue weighted by Gasteiger charge is -2.22. The average Bonchev–Trinajstić information content (AvgIpc) is 2.48. The largest absolute Gasteiger partial charge is 0.454 e. The molecule has 0 fully saturated rings. The van der Waals surface area contributed by atoms with Crippen molar-refractivity contribution in [2.24, 2.45) is 0 Å². The van der Waals surface area contributed by atoms with Gasteiger partial charge in [0.15, 0.2) is 5.75 Å². The molecule has 0 aliphatic carbocycles. The van der Waals surface area contributed by atoms with Crippen LogP contribution in [0.4, 0.5) is 24.5 Å². The van der Waals surface area contributed by atoms with Crippen LogP contribution in [0.5, 0.6) is 11.5 Å². The second-order valence-corrected chi connectivity index (χ2v) is 7.49. The minimum atomic E-state index is -4.61. The van der Waals surface area contributed by atoms with E-state index in [1.807, 2.05) is 20.8 Å². The van der Waals surface area contributed by atoms with Crippen molar-refractivity contribution in [2.45, 2.75) is 32.5 Å². The van der Waals surface area contributed by atoms with E-state index in [2.05, 4.69) is 5.32 Å². The van der Waals surface area contributed by atoms with Gasteiger partial charge in [-0.3, -0.25) is 10.1 Å². The van der Waals surface area contributed by atoms with Crippen molar-refractivity contribution >= 4 is 34.6 Å². The maximum absolute atomic E-state index is 12.8. The summed E-state index contributed by atoms with van der Waals surface area (Å²) < 4.78 is 43.9. The highest BCUT2D eigenvalue weighted by molar-refractivity contribution is 6.37. The number of hydrogen-bond donors (Lipinski definition) is 1. The lowest BCUT2D eigenvalue weighted by Crippen LogP contribution is -2.26. The number of benzene rings is 2. The molecule has 0 radical (unpaired) electrons. The molecule has 5 nitrogen and oxygen atoms in total. The quantitative estimate of drug-likeness (QED) is 0.428. The molecule has 0 atom stereocenters. The van der Waals surface area contributed by atoms with Crippen LogP contribution in [0.15, 0.2) is 30.3 Å². The third kappa shape index (κ3) is 5.40. The Morgan fingerprint density at radius 2 is 1.63 bits per heavy atom. The molecule has 0 heterocycles. The molecule has 2 aromatic rings. The summed E-state index contributed by atoms with van der Waals surface area (Å²) in [5.41, 5.74) is -1.48. The summed E-state index contributed by atoms with van der Waals surface area (Å²) in [5.74, 6) is -0.0576. The van der Waals surface area contributed by atoms with E-state index in [1.54, 1.807) is 0 Å². The zero-order valence-corrected chi connectivity index (χ0v) is 16.0. The predicted molar refractivity (Wildman–Crippen MR) is 98.0 cm³/mol. The van der Waals surface area contributed by atoms with Crippen molar-refractivity contribution in [3.8, 4) is 11.5 Å². The second kappa shape index (κ2) is 7.44. The molecule has 0 aliphatic heterocycles. The van der Waals surface area contributed by atoms with E-state index < -0.39 is 22.2 Å². The van der Waals surface area contributed by atoms with Gasteiger partial charge >= 0.3 is 6.18 Å². The van der Waals surface area contributed by atoms with Crippen LogP contribution in [-0.2, 0) is 6.18 Å². The molecule has 0 saturated heterocycles. The summed E-state index contributed by atoms with van der Waals surface area (Å²) in [6.45, 7) is 5.44. The smallest absolute Gasteiger partial charge is 0.416 e. The standard InChI is InChI=1S/C17H15Cl2F3N2O3/c1-16(2,3)23-13-8-10(4-5-14(13)24(25)26)27-15-11(18)6-9(7-12(15)19)17(20,21)22/h4-8,23H,1-3H3. The highest BCUT2D eigenvalue weighted by Gasteiger charge is 2.32. The van der Waals surface area contributed by atoms with Crippen molar-refractivity contribution in [3.05, 3.63) is 56.1 Å². The monoisotopic (exact) mass is 422 g/mol. The van der Waals surface area contributed by atoms with Crippen LogP contribution < -0.4 is 10.1 Å². The van der Waals surface area contributed by atoms with Crippen molar-refractivity contribution in [1.29, 1.82) is 0 Å². The molecule has 0 spiro atoms. The fourth-order valence-corrected chi connectivity index (χ4v) is 2.75. The van der Waals surface area contributed by atoms with Crippen LogP contribution >= 0.6 is 23.2 Å². The normalized spacial score (nSPS) is 12.0. The minimum absolute atomic E-state index is 0.121. The molecule has 27 heavy (non-hydrogen) atoms. The topological polar surface area (TPSA) is 64.4 Å². The van der Waals surface area contributed by atoms with Crippen molar-refractivity contribution in [2.75, 3.05) is 5.32 Å². The number of ether oxygens (including phenoxy) is 1. The van der Waals surface area contributed by atoms with Gasteiger partial charge in [0.05, 0.1) is 20.5 Å². The fraction of sp³-hybridized carbons (Fsp3) is 0.294. The van der Waals surface area contributed by atoms with Crippen molar-refractivity contribution < 1.29 is 22.8 Å². The van der Waals surface area contributed by atoms with Gasteiger partial charge in [-0.05, 0) is 39.0 Å². The zero-order valence-electron chi connectivity index (χ0n) is 14.4. The summed E-state index contributed by atoms with van der Waals surface area (Å²) in [7, 11) is 0. The van der Waals surface area contributed by atoms with Gasteiger partial charge < -0.3 is 10.1 Å². The van der Waals surface area contributed by atoms with Gasteiger partial charge in [-0.2, -0.15) is 13.2 Å². The highest BCUT2D eigenvalue weighted by Crippen LogP contribution is 2.42. The Balaban J connectivity index is 2.43. The number of hydrogen-bond acceptors (Lipinski definition) is 4. The summed E-state index contributed by atoms with van der Waals surface area (Å²) in [6, 6.07) is 5.27. The van der Waals surface area contributed by atoms with Gasteiger partial charge in [0.2, 0.25) is 0 Å². The summed E-state index contributed by atoms with van der Waals surface area (Å²) >= 11 is 11.8. The van der Waals surface area contributed by atoms with Gasteiger partial charge in [0.25, 0.3) is 5.69 Å². The average molecular weight is 423 g/mol. The number of nitro benzene ring substituents is 1. The van der Waals surface area contributed by atoms with E-state index in [4.69, 9.17) is 27.9 Å². The van der Waals surface area contributed by atoms with Crippen LogP contribution in [0.3, 0.4) is 0 Å². The maximum atomic E-state index is 12.8. The molecule has 0 bridgehead atoms. The molecule has 10 heteroatoms. The number of nitrogens with one attached hydrogen (secondary N) is 1. The van der Waals surface area contributed by atoms with Gasteiger partial charge in [-0.25, -0.2) is 0 Å². The number of halogens is 5. The Labute approximate surface area is 163 Å². The van der Waals surface area contributed by atoms with E-state index >= 15 is 0 Å². The Bertz CT molecular complexity index is 858. The highest BCUT2D eigenvalue weighted by atomic mass is 35.5. The minimum Gasteiger partial charge on any atom is -0.454 e. The van der Waals surface area contributed by atoms with Crippen LogP contribution in [0.1, 0.15) is 26.3 Å². The van der Waals surface area contributed by atoms with Crippen molar-refractivity contribution in [1.82, 2.24) is 0 Å². The first-order valence-electron chi connectivity index (χ1n) is 7.58. The summed E-state index contributed by atoms with van der Waals surface area (Å²) in [4.78, 5) is 10.6. The maximum Gasteiger partial charge on any atom is 0.416 e. The molecule has 0 saturated carbocycles. The molecular weight excluding hydrogens is 408 g/mol. The number of nitrogens with zero attached hydrogens (tertiary/aromatic N) is 1.